The Morgan fingerprint density at radius 1 is 1.47 bits per heavy atom. The van der Waals surface area contributed by atoms with Crippen molar-refractivity contribution in [3.8, 4) is 0 Å². The van der Waals surface area contributed by atoms with Gasteiger partial charge in [-0.1, -0.05) is 15.9 Å². The number of amides is 1. The molecule has 1 aromatic carbocycles. The highest BCUT2D eigenvalue weighted by Gasteiger charge is 2.32. The van der Waals surface area contributed by atoms with Crippen LogP contribution in [0, 0.1) is 5.82 Å². The van der Waals surface area contributed by atoms with Crippen molar-refractivity contribution in [2.24, 2.45) is 0 Å². The third-order valence-corrected chi connectivity index (χ3v) is 3.16. The van der Waals surface area contributed by atoms with Crippen molar-refractivity contribution in [3.05, 3.63) is 34.1 Å². The lowest BCUT2D eigenvalue weighted by molar-refractivity contribution is 0.0707. The van der Waals surface area contributed by atoms with Gasteiger partial charge in [-0.2, -0.15) is 0 Å². The van der Waals surface area contributed by atoms with Crippen LogP contribution in [0.15, 0.2) is 22.7 Å². The first-order valence-electron chi connectivity index (χ1n) is 5.49. The number of aliphatic hydroxyl groups is 1. The van der Waals surface area contributed by atoms with Gasteiger partial charge < -0.3 is 10.0 Å². The van der Waals surface area contributed by atoms with Crippen LogP contribution in [-0.4, -0.2) is 35.1 Å². The van der Waals surface area contributed by atoms with E-state index in [1.165, 1.54) is 12.1 Å². The first kappa shape index (κ1) is 12.5. The molecule has 3 nitrogen and oxygen atoms in total. The van der Waals surface area contributed by atoms with Gasteiger partial charge in [-0.15, -0.1) is 0 Å². The molecule has 92 valence electrons. The Labute approximate surface area is 107 Å². The molecule has 0 radical (unpaired) electrons. The summed E-state index contributed by atoms with van der Waals surface area (Å²) in [5.41, 5.74) is 0.317. The average Bonchev–Trinajstić information content (AvgIpc) is 3.07. The van der Waals surface area contributed by atoms with E-state index in [-0.39, 0.29) is 18.6 Å². The summed E-state index contributed by atoms with van der Waals surface area (Å²) >= 11 is 3.16. The van der Waals surface area contributed by atoms with Crippen LogP contribution in [0.1, 0.15) is 23.2 Å². The smallest absolute Gasteiger partial charge is 0.254 e. The number of hydrogen-bond donors (Lipinski definition) is 1. The van der Waals surface area contributed by atoms with Crippen LogP contribution < -0.4 is 0 Å². The highest BCUT2D eigenvalue weighted by Crippen LogP contribution is 2.28. The van der Waals surface area contributed by atoms with Gasteiger partial charge >= 0.3 is 0 Å². The maximum absolute atomic E-state index is 13.2. The lowest BCUT2D eigenvalue weighted by atomic mass is 10.2. The zero-order valence-electron chi connectivity index (χ0n) is 9.20. The molecule has 2 rings (SSSR count). The van der Waals surface area contributed by atoms with Crippen LogP contribution in [0.2, 0.25) is 0 Å². The van der Waals surface area contributed by atoms with Crippen LogP contribution in [0.3, 0.4) is 0 Å². The Kier molecular flexibility index (Phi) is 3.79. The summed E-state index contributed by atoms with van der Waals surface area (Å²) < 4.78 is 13.7. The summed E-state index contributed by atoms with van der Waals surface area (Å²) in [5, 5.41) is 8.94. The van der Waals surface area contributed by atoms with Gasteiger partial charge in [-0.05, 0) is 31.0 Å². The Balaban J connectivity index is 2.21. The molecule has 0 atom stereocenters. The summed E-state index contributed by atoms with van der Waals surface area (Å²) in [6, 6.07) is 4.33. The Morgan fingerprint density at radius 3 is 2.71 bits per heavy atom. The Hall–Kier alpha value is -0.940. The van der Waals surface area contributed by atoms with Gasteiger partial charge in [0, 0.05) is 22.6 Å². The van der Waals surface area contributed by atoms with Crippen molar-refractivity contribution in [3.63, 3.8) is 0 Å². The number of halogens is 2. The van der Waals surface area contributed by atoms with Crippen LogP contribution >= 0.6 is 15.9 Å². The molecule has 0 aliphatic heterocycles. The molecule has 5 heteroatoms. The number of hydrogen-bond acceptors (Lipinski definition) is 2. The predicted molar refractivity (Wildman–Crippen MR) is 65.2 cm³/mol. The van der Waals surface area contributed by atoms with Gasteiger partial charge in [0.1, 0.15) is 5.82 Å². The van der Waals surface area contributed by atoms with E-state index in [0.29, 0.717) is 16.6 Å². The predicted octanol–water partition coefficient (Wildman–Crippen LogP) is 2.19. The van der Waals surface area contributed by atoms with Gasteiger partial charge in [-0.3, -0.25) is 4.79 Å². The van der Waals surface area contributed by atoms with E-state index in [9.17, 15) is 9.18 Å². The van der Waals surface area contributed by atoms with E-state index in [1.54, 1.807) is 11.0 Å². The molecule has 17 heavy (non-hydrogen) atoms. The molecule has 1 aromatic rings. The number of carbonyl (C=O) groups excluding carboxylic acids is 1. The van der Waals surface area contributed by atoms with E-state index < -0.39 is 5.82 Å². The fourth-order valence-corrected chi connectivity index (χ4v) is 2.25. The van der Waals surface area contributed by atoms with Gasteiger partial charge in [0.25, 0.3) is 5.91 Å². The van der Waals surface area contributed by atoms with Crippen molar-refractivity contribution in [2.45, 2.75) is 18.9 Å². The highest BCUT2D eigenvalue weighted by atomic mass is 79.9. The third kappa shape index (κ3) is 3.04. The van der Waals surface area contributed by atoms with Crippen molar-refractivity contribution in [1.29, 1.82) is 0 Å². The zero-order chi connectivity index (χ0) is 12.4. The summed E-state index contributed by atoms with van der Waals surface area (Å²) in [5.74, 6) is -0.663. The molecular formula is C12H13BrFNO2. The van der Waals surface area contributed by atoms with E-state index in [4.69, 9.17) is 5.11 Å². The molecular weight excluding hydrogens is 289 g/mol. The topological polar surface area (TPSA) is 40.5 Å². The largest absolute Gasteiger partial charge is 0.395 e. The average molecular weight is 302 g/mol. The van der Waals surface area contributed by atoms with E-state index in [1.807, 2.05) is 0 Å². The second-order valence-electron chi connectivity index (χ2n) is 4.11. The van der Waals surface area contributed by atoms with Crippen molar-refractivity contribution >= 4 is 21.8 Å². The first-order chi connectivity index (χ1) is 8.11. The number of benzene rings is 1. The lowest BCUT2D eigenvalue weighted by Crippen LogP contribution is -2.35. The Bertz CT molecular complexity index is 414. The van der Waals surface area contributed by atoms with Crippen molar-refractivity contribution < 1.29 is 14.3 Å². The zero-order valence-corrected chi connectivity index (χ0v) is 10.8. The second kappa shape index (κ2) is 5.14. The molecule has 0 unspecified atom stereocenters. The molecule has 1 amide bonds. The van der Waals surface area contributed by atoms with E-state index in [2.05, 4.69) is 15.9 Å². The first-order valence-corrected chi connectivity index (χ1v) is 6.29. The molecule has 1 fully saturated rings. The van der Waals surface area contributed by atoms with Crippen LogP contribution in [0.4, 0.5) is 4.39 Å². The number of carbonyl (C=O) groups is 1. The number of aliphatic hydroxyl groups excluding tert-OH is 1. The molecule has 1 saturated carbocycles. The fraction of sp³-hybridized carbons (Fsp3) is 0.417. The number of rotatable bonds is 4. The molecule has 0 aromatic heterocycles. The highest BCUT2D eigenvalue weighted by molar-refractivity contribution is 9.10. The molecule has 0 heterocycles. The quantitative estimate of drug-likeness (QED) is 0.926. The summed E-state index contributed by atoms with van der Waals surface area (Å²) in [7, 11) is 0. The van der Waals surface area contributed by atoms with Crippen LogP contribution in [-0.2, 0) is 0 Å². The van der Waals surface area contributed by atoms with Gasteiger partial charge in [0.2, 0.25) is 0 Å². The summed E-state index contributed by atoms with van der Waals surface area (Å²) in [4.78, 5) is 13.8. The van der Waals surface area contributed by atoms with Crippen molar-refractivity contribution in [1.82, 2.24) is 4.90 Å². The van der Waals surface area contributed by atoms with Crippen molar-refractivity contribution in [2.75, 3.05) is 13.2 Å². The van der Waals surface area contributed by atoms with Gasteiger partial charge in [0.15, 0.2) is 0 Å². The Morgan fingerprint density at radius 2 is 2.18 bits per heavy atom. The van der Waals surface area contributed by atoms with Crippen LogP contribution in [0.5, 0.6) is 0 Å². The normalized spacial score (nSPS) is 14.8. The van der Waals surface area contributed by atoms with E-state index >= 15 is 0 Å². The summed E-state index contributed by atoms with van der Waals surface area (Å²) in [6.45, 7) is 0.232. The molecule has 0 spiro atoms. The SMILES string of the molecule is O=C(c1cc(F)cc(Br)c1)N(CCO)C1CC1. The van der Waals surface area contributed by atoms with Gasteiger partial charge in [-0.25, -0.2) is 4.39 Å². The molecule has 1 N–H and O–H groups in total. The molecule has 0 saturated heterocycles. The minimum atomic E-state index is -0.442. The molecule has 1 aliphatic rings. The maximum atomic E-state index is 13.2. The standard InChI is InChI=1S/C12H13BrFNO2/c13-9-5-8(6-10(14)7-9)12(17)15(3-4-16)11-1-2-11/h5-7,11,16H,1-4H2. The fourth-order valence-electron chi connectivity index (χ4n) is 1.79. The number of nitrogens with zero attached hydrogens (tertiary/aromatic N) is 1. The summed E-state index contributed by atoms with van der Waals surface area (Å²) in [6.07, 6.45) is 1.92. The maximum Gasteiger partial charge on any atom is 0.254 e. The third-order valence-electron chi connectivity index (χ3n) is 2.70. The van der Waals surface area contributed by atoms with Crippen LogP contribution in [0.25, 0.3) is 0 Å². The minimum absolute atomic E-state index is 0.0707. The monoisotopic (exact) mass is 301 g/mol. The minimum Gasteiger partial charge on any atom is -0.395 e. The van der Waals surface area contributed by atoms with E-state index in [0.717, 1.165) is 12.8 Å². The second-order valence-corrected chi connectivity index (χ2v) is 5.03. The molecule has 0 bridgehead atoms. The molecule has 1 aliphatic carbocycles. The van der Waals surface area contributed by atoms with Gasteiger partial charge in [0.05, 0.1) is 6.61 Å². The lowest BCUT2D eigenvalue weighted by Gasteiger charge is -2.21.